The van der Waals surface area contributed by atoms with Gasteiger partial charge in [-0.2, -0.15) is 0 Å². The van der Waals surface area contributed by atoms with E-state index < -0.39 is 34.2 Å². The van der Waals surface area contributed by atoms with Gasteiger partial charge in [0.2, 0.25) is 5.89 Å². The lowest BCUT2D eigenvalue weighted by atomic mass is 10.2. The fraction of sp³-hybridized carbons (Fsp3) is 0.118. The molecule has 0 saturated carbocycles. The number of carbonyl (C=O) groups excluding carboxylic acids is 1. The topological polar surface area (TPSA) is 108 Å². The number of carbonyl (C=O) groups is 1. The lowest BCUT2D eigenvalue weighted by Gasteiger charge is -2.10. The summed E-state index contributed by atoms with van der Waals surface area (Å²) in [4.78, 5) is 22.1. The van der Waals surface area contributed by atoms with E-state index in [2.05, 4.69) is 10.2 Å². The average molecular weight is 375 g/mol. The molecule has 1 atom stereocenters. The Hall–Kier alpha value is -3.69. The van der Waals surface area contributed by atoms with Crippen LogP contribution in [0.2, 0.25) is 0 Å². The number of ether oxygens (including phenoxy) is 1. The third kappa shape index (κ3) is 3.78. The normalized spacial score (nSPS) is 11.8. The highest BCUT2D eigenvalue weighted by molar-refractivity contribution is 5.90. The molecule has 1 aromatic heterocycles. The third-order valence-corrected chi connectivity index (χ3v) is 3.56. The van der Waals surface area contributed by atoms with Gasteiger partial charge in [0.25, 0.3) is 11.6 Å². The van der Waals surface area contributed by atoms with Gasteiger partial charge >= 0.3 is 5.97 Å². The van der Waals surface area contributed by atoms with E-state index in [0.29, 0.717) is 5.56 Å². The third-order valence-electron chi connectivity index (χ3n) is 3.56. The summed E-state index contributed by atoms with van der Waals surface area (Å²) in [5, 5.41) is 18.2. The predicted octanol–water partition coefficient (Wildman–Crippen LogP) is 3.84. The van der Waals surface area contributed by atoms with Crippen LogP contribution in [0, 0.1) is 21.7 Å². The lowest BCUT2D eigenvalue weighted by molar-refractivity contribution is -0.384. The molecular formula is C17H11F2N3O5. The molecule has 0 amide bonds. The van der Waals surface area contributed by atoms with Crippen LogP contribution in [-0.4, -0.2) is 21.1 Å². The first-order valence-corrected chi connectivity index (χ1v) is 7.60. The first-order chi connectivity index (χ1) is 12.9. The van der Waals surface area contributed by atoms with Gasteiger partial charge in [0.05, 0.1) is 4.92 Å². The first kappa shape index (κ1) is 18.1. The van der Waals surface area contributed by atoms with Gasteiger partial charge < -0.3 is 9.15 Å². The molecule has 1 heterocycles. The van der Waals surface area contributed by atoms with Crippen LogP contribution in [0.5, 0.6) is 0 Å². The Morgan fingerprint density at radius 2 is 1.78 bits per heavy atom. The van der Waals surface area contributed by atoms with Crippen LogP contribution < -0.4 is 0 Å². The highest BCUT2D eigenvalue weighted by Crippen LogP contribution is 2.25. The standard InChI is InChI=1S/C17H11F2N3O5/c1-9(26-17(23)14-12(18)3-2-4-13(14)19)15-20-21-16(27-15)10-5-7-11(8-6-10)22(24)25/h2-9H,1H3/t9-/m0/s1. The van der Waals surface area contributed by atoms with E-state index in [9.17, 15) is 23.7 Å². The number of hydrogen-bond acceptors (Lipinski definition) is 7. The Labute approximate surface area is 150 Å². The summed E-state index contributed by atoms with van der Waals surface area (Å²) in [7, 11) is 0. The number of aromatic nitrogens is 2. The molecule has 0 saturated heterocycles. The van der Waals surface area contributed by atoms with Gasteiger partial charge in [0.1, 0.15) is 17.2 Å². The highest BCUT2D eigenvalue weighted by Gasteiger charge is 2.24. The monoisotopic (exact) mass is 375 g/mol. The summed E-state index contributed by atoms with van der Waals surface area (Å²) >= 11 is 0. The second-order valence-electron chi connectivity index (χ2n) is 5.39. The molecule has 2 aromatic carbocycles. The smallest absolute Gasteiger partial charge is 0.344 e. The summed E-state index contributed by atoms with van der Waals surface area (Å²) in [6.45, 7) is 1.39. The van der Waals surface area contributed by atoms with Crippen molar-refractivity contribution >= 4 is 11.7 Å². The minimum atomic E-state index is -1.21. The zero-order valence-electron chi connectivity index (χ0n) is 13.8. The molecule has 138 valence electrons. The highest BCUT2D eigenvalue weighted by atomic mass is 19.1. The van der Waals surface area contributed by atoms with Crippen molar-refractivity contribution in [3.8, 4) is 11.5 Å². The maximum Gasteiger partial charge on any atom is 0.344 e. The maximum absolute atomic E-state index is 13.6. The van der Waals surface area contributed by atoms with E-state index in [1.807, 2.05) is 0 Å². The Morgan fingerprint density at radius 1 is 1.15 bits per heavy atom. The number of rotatable bonds is 5. The predicted molar refractivity (Wildman–Crippen MR) is 86.6 cm³/mol. The molecule has 0 unspecified atom stereocenters. The molecule has 0 N–H and O–H groups in total. The van der Waals surface area contributed by atoms with E-state index in [4.69, 9.17) is 9.15 Å². The van der Waals surface area contributed by atoms with Crippen molar-refractivity contribution in [1.29, 1.82) is 0 Å². The van der Waals surface area contributed by atoms with Gasteiger partial charge in [-0.05, 0) is 31.2 Å². The Bertz CT molecular complexity index is 984. The molecule has 3 rings (SSSR count). The largest absolute Gasteiger partial charge is 0.449 e. The lowest BCUT2D eigenvalue weighted by Crippen LogP contribution is -2.13. The summed E-state index contributed by atoms with van der Waals surface area (Å²) < 4.78 is 37.6. The van der Waals surface area contributed by atoms with Gasteiger partial charge in [0.15, 0.2) is 6.10 Å². The van der Waals surface area contributed by atoms with Crippen LogP contribution >= 0.6 is 0 Å². The number of esters is 1. The zero-order chi connectivity index (χ0) is 19.6. The van der Waals surface area contributed by atoms with Crippen LogP contribution in [0.1, 0.15) is 29.3 Å². The molecule has 0 spiro atoms. The van der Waals surface area contributed by atoms with Gasteiger partial charge in [-0.15, -0.1) is 10.2 Å². The summed E-state index contributed by atoms with van der Waals surface area (Å²) in [6.07, 6.45) is -1.07. The van der Waals surface area contributed by atoms with E-state index in [-0.39, 0.29) is 17.5 Å². The summed E-state index contributed by atoms with van der Waals surface area (Å²) in [5.74, 6) is -3.38. The van der Waals surface area contributed by atoms with Crippen molar-refractivity contribution in [2.24, 2.45) is 0 Å². The van der Waals surface area contributed by atoms with Gasteiger partial charge in [-0.1, -0.05) is 6.07 Å². The molecule has 0 aliphatic heterocycles. The van der Waals surface area contributed by atoms with Crippen molar-refractivity contribution in [3.63, 3.8) is 0 Å². The van der Waals surface area contributed by atoms with Crippen molar-refractivity contribution in [3.05, 3.63) is 75.7 Å². The second kappa shape index (κ2) is 7.28. The quantitative estimate of drug-likeness (QED) is 0.379. The molecule has 10 heteroatoms. The van der Waals surface area contributed by atoms with Crippen molar-refractivity contribution in [1.82, 2.24) is 10.2 Å². The molecule has 0 bridgehead atoms. The number of halogens is 2. The number of benzene rings is 2. The SMILES string of the molecule is C[C@H](OC(=O)c1c(F)cccc1F)c1nnc(-c2ccc([N+](=O)[O-])cc2)o1. The number of hydrogen-bond donors (Lipinski definition) is 0. The van der Waals surface area contributed by atoms with Crippen LogP contribution in [0.25, 0.3) is 11.5 Å². The molecular weight excluding hydrogens is 364 g/mol. The van der Waals surface area contributed by atoms with E-state index >= 15 is 0 Å². The minimum absolute atomic E-state index is 0.0415. The molecule has 0 aliphatic rings. The summed E-state index contributed by atoms with van der Waals surface area (Å²) in [6, 6.07) is 8.36. The van der Waals surface area contributed by atoms with Gasteiger partial charge in [-0.25, -0.2) is 13.6 Å². The maximum atomic E-state index is 13.6. The fourth-order valence-corrected chi connectivity index (χ4v) is 2.20. The van der Waals surface area contributed by atoms with Gasteiger partial charge in [-0.3, -0.25) is 10.1 Å². The minimum Gasteiger partial charge on any atom is -0.449 e. The van der Waals surface area contributed by atoms with E-state index in [1.165, 1.54) is 31.2 Å². The average Bonchev–Trinajstić information content (AvgIpc) is 3.12. The Kier molecular flexibility index (Phi) is 4.88. The Morgan fingerprint density at radius 3 is 2.37 bits per heavy atom. The zero-order valence-corrected chi connectivity index (χ0v) is 13.8. The second-order valence-corrected chi connectivity index (χ2v) is 5.39. The molecule has 0 aliphatic carbocycles. The van der Waals surface area contributed by atoms with E-state index in [1.54, 1.807) is 0 Å². The molecule has 8 nitrogen and oxygen atoms in total. The van der Waals surface area contributed by atoms with Crippen LogP contribution in [0.15, 0.2) is 46.9 Å². The van der Waals surface area contributed by atoms with Crippen molar-refractivity contribution < 1.29 is 27.7 Å². The van der Waals surface area contributed by atoms with Crippen molar-refractivity contribution in [2.75, 3.05) is 0 Å². The molecule has 0 radical (unpaired) electrons. The Balaban J connectivity index is 1.76. The molecule has 0 fully saturated rings. The van der Waals surface area contributed by atoms with Crippen LogP contribution in [0.3, 0.4) is 0 Å². The van der Waals surface area contributed by atoms with Gasteiger partial charge in [0, 0.05) is 17.7 Å². The summed E-state index contributed by atoms with van der Waals surface area (Å²) in [5.41, 5.74) is -0.509. The van der Waals surface area contributed by atoms with E-state index in [0.717, 1.165) is 18.2 Å². The molecule has 27 heavy (non-hydrogen) atoms. The van der Waals surface area contributed by atoms with Crippen LogP contribution in [0.4, 0.5) is 14.5 Å². The van der Waals surface area contributed by atoms with Crippen molar-refractivity contribution in [2.45, 2.75) is 13.0 Å². The number of nitro benzene ring substituents is 1. The number of non-ortho nitro benzene ring substituents is 1. The fourth-order valence-electron chi connectivity index (χ4n) is 2.20. The van der Waals surface area contributed by atoms with Crippen LogP contribution in [-0.2, 0) is 4.74 Å². The molecule has 3 aromatic rings. The first-order valence-electron chi connectivity index (χ1n) is 7.60. The number of nitro groups is 1. The number of nitrogens with zero attached hydrogens (tertiary/aromatic N) is 3.